The molecule has 0 aliphatic carbocycles. The van der Waals surface area contributed by atoms with Gasteiger partial charge in [0.2, 0.25) is 15.9 Å². The lowest BCUT2D eigenvalue weighted by Gasteiger charge is -2.28. The number of carbonyl (C=O) groups is 2. The van der Waals surface area contributed by atoms with E-state index >= 15 is 0 Å². The predicted molar refractivity (Wildman–Crippen MR) is 117 cm³/mol. The number of nitrogens with zero attached hydrogens (tertiary/aromatic N) is 2. The van der Waals surface area contributed by atoms with Crippen LogP contribution in [0.5, 0.6) is 5.75 Å². The van der Waals surface area contributed by atoms with E-state index in [0.29, 0.717) is 35.5 Å². The van der Waals surface area contributed by atoms with Crippen LogP contribution < -0.4 is 15.0 Å². The van der Waals surface area contributed by atoms with Gasteiger partial charge in [-0.2, -0.15) is 4.31 Å². The summed E-state index contributed by atoms with van der Waals surface area (Å²) < 4.78 is 33.8. The van der Waals surface area contributed by atoms with Gasteiger partial charge in [0.1, 0.15) is 11.8 Å². The maximum atomic E-state index is 13.5. The highest BCUT2D eigenvalue weighted by molar-refractivity contribution is 7.89. The van der Waals surface area contributed by atoms with Crippen LogP contribution in [0.2, 0.25) is 0 Å². The van der Waals surface area contributed by atoms with Crippen LogP contribution in [0, 0.1) is 13.8 Å². The molecule has 0 spiro atoms. The van der Waals surface area contributed by atoms with Crippen LogP contribution in [0.15, 0.2) is 41.3 Å². The Labute approximate surface area is 181 Å². The summed E-state index contributed by atoms with van der Waals surface area (Å²) in [5, 5.41) is 2.68. The van der Waals surface area contributed by atoms with Crippen molar-refractivity contribution in [3.63, 3.8) is 0 Å². The van der Waals surface area contributed by atoms with Crippen LogP contribution in [0.3, 0.4) is 0 Å². The average molecular weight is 444 g/mol. The summed E-state index contributed by atoms with van der Waals surface area (Å²) in [6.07, 6.45) is 1.07. The molecule has 2 amide bonds. The number of hydrogen-bond acceptors (Lipinski definition) is 5. The molecular formula is C22H25N3O5S. The first-order chi connectivity index (χ1) is 14.7. The summed E-state index contributed by atoms with van der Waals surface area (Å²) in [6, 6.07) is 9.77. The molecule has 2 heterocycles. The lowest BCUT2D eigenvalue weighted by Crippen LogP contribution is -2.46. The lowest BCUT2D eigenvalue weighted by atomic mass is 10.1. The van der Waals surface area contributed by atoms with Gasteiger partial charge in [-0.1, -0.05) is 17.7 Å². The van der Waals surface area contributed by atoms with Gasteiger partial charge >= 0.3 is 0 Å². The Morgan fingerprint density at radius 2 is 1.90 bits per heavy atom. The largest absolute Gasteiger partial charge is 0.482 e. The van der Waals surface area contributed by atoms with Crippen LogP contribution in [-0.4, -0.2) is 50.8 Å². The van der Waals surface area contributed by atoms with Gasteiger partial charge in [-0.25, -0.2) is 8.42 Å². The first-order valence-electron chi connectivity index (χ1n) is 10.1. The Balaban J connectivity index is 1.64. The highest BCUT2D eigenvalue weighted by Crippen LogP contribution is 2.36. The molecule has 2 aliphatic rings. The fourth-order valence-electron chi connectivity index (χ4n) is 4.01. The number of aryl methyl sites for hydroxylation is 2. The van der Waals surface area contributed by atoms with Crippen molar-refractivity contribution < 1.29 is 22.7 Å². The van der Waals surface area contributed by atoms with Crippen LogP contribution in [0.25, 0.3) is 0 Å². The second kappa shape index (κ2) is 7.97. The van der Waals surface area contributed by atoms with Crippen molar-refractivity contribution >= 4 is 33.2 Å². The number of hydrogen-bond donors (Lipinski definition) is 1. The van der Waals surface area contributed by atoms with Crippen LogP contribution in [0.1, 0.15) is 24.0 Å². The summed E-state index contributed by atoms with van der Waals surface area (Å²) >= 11 is 0. The molecule has 9 heteroatoms. The highest BCUT2D eigenvalue weighted by Gasteiger charge is 2.41. The zero-order chi connectivity index (χ0) is 22.3. The third kappa shape index (κ3) is 3.90. The van der Waals surface area contributed by atoms with Gasteiger partial charge in [0.15, 0.2) is 6.61 Å². The maximum absolute atomic E-state index is 13.5. The first kappa shape index (κ1) is 21.3. The van der Waals surface area contributed by atoms with Crippen molar-refractivity contribution in [1.82, 2.24) is 4.31 Å². The number of ether oxygens (including phenoxy) is 1. The lowest BCUT2D eigenvalue weighted by molar-refractivity contribution is -0.121. The number of fused-ring (bicyclic) bond motifs is 1. The van der Waals surface area contributed by atoms with Crippen LogP contribution in [-0.2, 0) is 19.6 Å². The Morgan fingerprint density at radius 3 is 2.61 bits per heavy atom. The topological polar surface area (TPSA) is 96.0 Å². The van der Waals surface area contributed by atoms with E-state index in [9.17, 15) is 18.0 Å². The molecule has 2 aromatic carbocycles. The number of likely N-dealkylation sites (N-methyl/N-ethyl adjacent to an activating group) is 1. The Kier molecular flexibility index (Phi) is 5.49. The summed E-state index contributed by atoms with van der Waals surface area (Å²) in [4.78, 5) is 26.4. The molecule has 1 N–H and O–H groups in total. The number of carbonyl (C=O) groups excluding carboxylic acids is 2. The van der Waals surface area contributed by atoms with Crippen molar-refractivity contribution in [1.29, 1.82) is 0 Å². The Bertz CT molecular complexity index is 1140. The molecule has 1 atom stereocenters. The molecule has 2 aliphatic heterocycles. The van der Waals surface area contributed by atoms with Gasteiger partial charge in [0.25, 0.3) is 5.91 Å². The second-order valence-electron chi connectivity index (χ2n) is 7.96. The third-order valence-corrected chi connectivity index (χ3v) is 7.79. The number of amides is 2. The summed E-state index contributed by atoms with van der Waals surface area (Å²) in [7, 11) is -2.28. The summed E-state index contributed by atoms with van der Waals surface area (Å²) in [5.74, 6) is -0.237. The van der Waals surface area contributed by atoms with Gasteiger partial charge in [-0.3, -0.25) is 9.59 Å². The Morgan fingerprint density at radius 1 is 1.19 bits per heavy atom. The summed E-state index contributed by atoms with van der Waals surface area (Å²) in [5.41, 5.74) is 2.72. The molecule has 1 fully saturated rings. The van der Waals surface area contributed by atoms with Crippen molar-refractivity contribution in [2.75, 3.05) is 30.4 Å². The fourth-order valence-corrected chi connectivity index (χ4v) is 5.89. The standard InChI is InChI=1S/C22H25N3O5S/c1-14-6-8-16(9-7-14)24(3)22(27)18-5-4-10-25(18)31(28,29)20-12-19-17(11-15(20)2)23-21(26)13-30-19/h6-9,11-12,18H,4-5,10,13H2,1-3H3,(H,23,26)/t18-/m0/s1. The van der Waals surface area contributed by atoms with Gasteiger partial charge in [-0.05, 0) is 50.5 Å². The second-order valence-corrected chi connectivity index (χ2v) is 9.82. The Hall–Kier alpha value is -2.91. The summed E-state index contributed by atoms with van der Waals surface area (Å²) in [6.45, 7) is 3.74. The molecule has 0 unspecified atom stereocenters. The van der Waals surface area contributed by atoms with E-state index in [2.05, 4.69) is 5.32 Å². The minimum absolute atomic E-state index is 0.0834. The normalized spacial score (nSPS) is 18.8. The van der Waals surface area contributed by atoms with Crippen molar-refractivity contribution in [2.24, 2.45) is 0 Å². The van der Waals surface area contributed by atoms with E-state index in [4.69, 9.17) is 4.74 Å². The van der Waals surface area contributed by atoms with Crippen molar-refractivity contribution in [2.45, 2.75) is 37.6 Å². The zero-order valence-electron chi connectivity index (χ0n) is 17.7. The average Bonchev–Trinajstić information content (AvgIpc) is 3.23. The smallest absolute Gasteiger partial charge is 0.262 e. The van der Waals surface area contributed by atoms with Gasteiger partial charge < -0.3 is 15.0 Å². The van der Waals surface area contributed by atoms with Gasteiger partial charge in [0.05, 0.1) is 10.6 Å². The quantitative estimate of drug-likeness (QED) is 0.783. The number of sulfonamides is 1. The highest BCUT2D eigenvalue weighted by atomic mass is 32.2. The number of benzene rings is 2. The number of anilines is 2. The van der Waals surface area contributed by atoms with Gasteiger partial charge in [-0.15, -0.1) is 0 Å². The van der Waals surface area contributed by atoms with E-state index in [0.717, 1.165) is 5.56 Å². The van der Waals surface area contributed by atoms with E-state index < -0.39 is 16.1 Å². The molecule has 0 bridgehead atoms. The molecule has 0 aromatic heterocycles. The fraction of sp³-hybridized carbons (Fsp3) is 0.364. The third-order valence-electron chi connectivity index (χ3n) is 5.74. The van der Waals surface area contributed by atoms with E-state index in [1.807, 2.05) is 31.2 Å². The van der Waals surface area contributed by atoms with Gasteiger partial charge in [0, 0.05) is 25.3 Å². The maximum Gasteiger partial charge on any atom is 0.262 e. The minimum atomic E-state index is -3.94. The molecule has 0 saturated carbocycles. The number of nitrogens with one attached hydrogen (secondary N) is 1. The van der Waals surface area contributed by atoms with Crippen LogP contribution >= 0.6 is 0 Å². The van der Waals surface area contributed by atoms with E-state index in [1.165, 1.54) is 15.3 Å². The molecular weight excluding hydrogens is 418 g/mol. The molecule has 164 valence electrons. The molecule has 2 aromatic rings. The van der Waals surface area contributed by atoms with E-state index in [1.54, 1.807) is 20.0 Å². The van der Waals surface area contributed by atoms with Crippen LogP contribution in [0.4, 0.5) is 11.4 Å². The van der Waals surface area contributed by atoms with Crippen molar-refractivity contribution in [3.05, 3.63) is 47.5 Å². The SMILES string of the molecule is Cc1ccc(N(C)C(=O)[C@@H]2CCCN2S(=O)(=O)c2cc3c(cc2C)NC(=O)CO3)cc1. The molecule has 4 rings (SSSR count). The van der Waals surface area contributed by atoms with Crippen molar-refractivity contribution in [3.8, 4) is 5.75 Å². The minimum Gasteiger partial charge on any atom is -0.482 e. The molecule has 31 heavy (non-hydrogen) atoms. The zero-order valence-corrected chi connectivity index (χ0v) is 18.5. The predicted octanol–water partition coefficient (Wildman–Crippen LogP) is 2.45. The first-order valence-corrected chi connectivity index (χ1v) is 11.6. The monoisotopic (exact) mass is 443 g/mol. The molecule has 8 nitrogen and oxygen atoms in total. The van der Waals surface area contributed by atoms with E-state index in [-0.39, 0.29) is 29.9 Å². The number of rotatable bonds is 4. The molecule has 1 saturated heterocycles. The molecule has 0 radical (unpaired) electrons.